The van der Waals surface area contributed by atoms with Crippen molar-refractivity contribution in [1.29, 1.82) is 0 Å². The van der Waals surface area contributed by atoms with E-state index in [9.17, 15) is 4.79 Å². The van der Waals surface area contributed by atoms with Gasteiger partial charge in [0.05, 0.1) is 0 Å². The molecular formula is C8H16O3S. The van der Waals surface area contributed by atoms with E-state index in [4.69, 9.17) is 9.84 Å². The van der Waals surface area contributed by atoms with Gasteiger partial charge in [-0.3, -0.25) is 4.79 Å². The molecule has 3 nitrogen and oxygen atoms in total. The Labute approximate surface area is 78.5 Å². The third-order valence-electron chi connectivity index (χ3n) is 1.39. The van der Waals surface area contributed by atoms with Crippen molar-refractivity contribution in [2.45, 2.75) is 25.7 Å². The van der Waals surface area contributed by atoms with E-state index in [0.717, 1.165) is 19.3 Å². The van der Waals surface area contributed by atoms with Gasteiger partial charge in [0.2, 0.25) is 0 Å². The van der Waals surface area contributed by atoms with Gasteiger partial charge in [-0.05, 0) is 12.8 Å². The van der Waals surface area contributed by atoms with Gasteiger partial charge < -0.3 is 9.84 Å². The van der Waals surface area contributed by atoms with Gasteiger partial charge in [0.15, 0.2) is 0 Å². The molecule has 4 heteroatoms. The number of hydrogen-bond donors (Lipinski definition) is 2. The number of thiol groups is 1. The van der Waals surface area contributed by atoms with Crippen LogP contribution >= 0.6 is 12.6 Å². The maximum absolute atomic E-state index is 10.8. The van der Waals surface area contributed by atoms with E-state index < -0.39 is 0 Å². The monoisotopic (exact) mass is 192 g/mol. The van der Waals surface area contributed by atoms with Crippen LogP contribution in [0.2, 0.25) is 0 Å². The molecule has 0 aromatic heterocycles. The van der Waals surface area contributed by atoms with Crippen molar-refractivity contribution in [1.82, 2.24) is 0 Å². The summed E-state index contributed by atoms with van der Waals surface area (Å²) in [5.74, 6) is 0.407. The van der Waals surface area contributed by atoms with Crippen LogP contribution in [0.15, 0.2) is 0 Å². The second-order valence-corrected chi connectivity index (χ2v) is 2.93. The first-order chi connectivity index (χ1) is 5.81. The van der Waals surface area contributed by atoms with E-state index in [1.165, 1.54) is 0 Å². The first-order valence-electron chi connectivity index (χ1n) is 4.18. The Bertz CT molecular complexity index is 117. The van der Waals surface area contributed by atoms with Crippen molar-refractivity contribution in [3.05, 3.63) is 0 Å². The van der Waals surface area contributed by atoms with Crippen LogP contribution in [0.25, 0.3) is 0 Å². The summed E-state index contributed by atoms with van der Waals surface area (Å²) in [5.41, 5.74) is 0. The first kappa shape index (κ1) is 11.8. The lowest BCUT2D eigenvalue weighted by Gasteiger charge is -2.01. The zero-order valence-corrected chi connectivity index (χ0v) is 8.06. The number of esters is 1. The van der Waals surface area contributed by atoms with E-state index in [2.05, 4.69) is 12.6 Å². The fourth-order valence-corrected chi connectivity index (χ4v) is 0.881. The highest BCUT2D eigenvalue weighted by molar-refractivity contribution is 7.80. The molecule has 0 saturated carbocycles. The van der Waals surface area contributed by atoms with E-state index >= 15 is 0 Å². The van der Waals surface area contributed by atoms with Crippen molar-refractivity contribution in [3.8, 4) is 0 Å². The predicted molar refractivity (Wildman–Crippen MR) is 50.4 cm³/mol. The summed E-state index contributed by atoms with van der Waals surface area (Å²) in [6.45, 7) is 0.591. The molecule has 0 saturated heterocycles. The van der Waals surface area contributed by atoms with Gasteiger partial charge in [0.25, 0.3) is 0 Å². The highest BCUT2D eigenvalue weighted by Gasteiger charge is 2.00. The zero-order valence-electron chi connectivity index (χ0n) is 7.16. The molecular weight excluding hydrogens is 176 g/mol. The lowest BCUT2D eigenvalue weighted by atomic mass is 10.2. The molecule has 0 aromatic carbocycles. The quantitative estimate of drug-likeness (QED) is 0.359. The lowest BCUT2D eigenvalue weighted by molar-refractivity contribution is -0.143. The van der Waals surface area contributed by atoms with Gasteiger partial charge in [-0.25, -0.2) is 0 Å². The van der Waals surface area contributed by atoms with Crippen LogP contribution in [0.1, 0.15) is 25.7 Å². The highest BCUT2D eigenvalue weighted by atomic mass is 32.1. The molecule has 0 spiro atoms. The van der Waals surface area contributed by atoms with Crippen LogP contribution in [-0.2, 0) is 9.53 Å². The van der Waals surface area contributed by atoms with Gasteiger partial charge in [0, 0.05) is 18.8 Å². The van der Waals surface area contributed by atoms with Crippen molar-refractivity contribution in [3.63, 3.8) is 0 Å². The first-order valence-corrected chi connectivity index (χ1v) is 4.82. The molecule has 0 aliphatic heterocycles. The van der Waals surface area contributed by atoms with Gasteiger partial charge in [-0.15, -0.1) is 0 Å². The third kappa shape index (κ3) is 7.88. The van der Waals surface area contributed by atoms with Crippen molar-refractivity contribution >= 4 is 18.6 Å². The summed E-state index contributed by atoms with van der Waals surface area (Å²) in [6.07, 6.45) is 2.89. The van der Waals surface area contributed by atoms with Crippen LogP contribution in [0, 0.1) is 0 Å². The Hall–Kier alpha value is -0.220. The SMILES string of the molecule is O=C(CCCCCO)OCCS. The van der Waals surface area contributed by atoms with Gasteiger partial charge in [-0.1, -0.05) is 6.42 Å². The number of hydrogen-bond acceptors (Lipinski definition) is 4. The molecule has 0 aromatic rings. The maximum atomic E-state index is 10.8. The summed E-state index contributed by atoms with van der Waals surface area (Å²) >= 11 is 3.91. The summed E-state index contributed by atoms with van der Waals surface area (Å²) in [7, 11) is 0. The van der Waals surface area contributed by atoms with E-state index in [1.54, 1.807) is 0 Å². The fraction of sp³-hybridized carbons (Fsp3) is 0.875. The van der Waals surface area contributed by atoms with Crippen LogP contribution in [0.4, 0.5) is 0 Å². The minimum atomic E-state index is -0.165. The van der Waals surface area contributed by atoms with Crippen molar-refractivity contribution in [2.24, 2.45) is 0 Å². The summed E-state index contributed by atoms with van der Waals surface area (Å²) in [4.78, 5) is 10.8. The molecule has 72 valence electrons. The number of ether oxygens (including phenoxy) is 1. The van der Waals surface area contributed by atoms with E-state index in [-0.39, 0.29) is 12.6 Å². The Morgan fingerprint density at radius 2 is 2.08 bits per heavy atom. The fourth-order valence-electron chi connectivity index (χ4n) is 0.790. The number of carbonyl (C=O) groups excluding carboxylic acids is 1. The number of carbonyl (C=O) groups is 1. The minimum absolute atomic E-state index is 0.165. The maximum Gasteiger partial charge on any atom is 0.305 e. The normalized spacial score (nSPS) is 9.83. The molecule has 0 rings (SSSR count). The number of aliphatic hydroxyl groups excluding tert-OH is 1. The van der Waals surface area contributed by atoms with Crippen LogP contribution < -0.4 is 0 Å². The second kappa shape index (κ2) is 8.87. The summed E-state index contributed by atoms with van der Waals surface area (Å²) in [5, 5.41) is 8.45. The van der Waals surface area contributed by atoms with Gasteiger partial charge in [0.1, 0.15) is 6.61 Å². The Morgan fingerprint density at radius 3 is 2.67 bits per heavy atom. The summed E-state index contributed by atoms with van der Waals surface area (Å²) in [6, 6.07) is 0. The highest BCUT2D eigenvalue weighted by Crippen LogP contribution is 2.00. The molecule has 1 N–H and O–H groups in total. The minimum Gasteiger partial charge on any atom is -0.465 e. The molecule has 12 heavy (non-hydrogen) atoms. The van der Waals surface area contributed by atoms with Crippen LogP contribution in [0.5, 0.6) is 0 Å². The van der Waals surface area contributed by atoms with Crippen LogP contribution in [-0.4, -0.2) is 30.0 Å². The molecule has 0 fully saturated rings. The second-order valence-electron chi connectivity index (χ2n) is 2.48. The summed E-state index contributed by atoms with van der Waals surface area (Å²) < 4.78 is 4.79. The molecule has 0 radical (unpaired) electrons. The number of unbranched alkanes of at least 4 members (excludes halogenated alkanes) is 2. The topological polar surface area (TPSA) is 46.5 Å². The average molecular weight is 192 g/mol. The van der Waals surface area contributed by atoms with E-state index in [0.29, 0.717) is 18.8 Å². The molecule has 0 aliphatic carbocycles. The van der Waals surface area contributed by atoms with Gasteiger partial charge in [-0.2, -0.15) is 12.6 Å². The molecule has 0 bridgehead atoms. The van der Waals surface area contributed by atoms with E-state index in [1.807, 2.05) is 0 Å². The zero-order chi connectivity index (χ0) is 9.23. The van der Waals surface area contributed by atoms with Crippen molar-refractivity contribution in [2.75, 3.05) is 19.0 Å². The van der Waals surface area contributed by atoms with Crippen molar-refractivity contribution < 1.29 is 14.6 Å². The lowest BCUT2D eigenvalue weighted by Crippen LogP contribution is -2.06. The molecule has 0 heterocycles. The largest absolute Gasteiger partial charge is 0.465 e. The Kier molecular flexibility index (Phi) is 8.71. The number of rotatable bonds is 7. The standard InChI is InChI=1S/C8H16O3S/c9-5-3-1-2-4-8(10)11-6-7-12/h9,12H,1-7H2. The molecule has 0 amide bonds. The number of aliphatic hydroxyl groups is 1. The smallest absolute Gasteiger partial charge is 0.305 e. The predicted octanol–water partition coefficient (Wildman–Crippen LogP) is 1.01. The third-order valence-corrected chi connectivity index (χ3v) is 1.58. The Balaban J connectivity index is 3.08. The van der Waals surface area contributed by atoms with Gasteiger partial charge >= 0.3 is 5.97 Å². The molecule has 0 unspecified atom stereocenters. The molecule has 0 atom stereocenters. The van der Waals surface area contributed by atoms with Crippen LogP contribution in [0.3, 0.4) is 0 Å². The Morgan fingerprint density at radius 1 is 1.33 bits per heavy atom. The average Bonchev–Trinajstić information content (AvgIpc) is 2.09. The molecule has 0 aliphatic rings.